The molecule has 1 fully saturated rings. The highest BCUT2D eigenvalue weighted by molar-refractivity contribution is 5.99. The highest BCUT2D eigenvalue weighted by Crippen LogP contribution is 2.29. The molecule has 9 heteroatoms. The average molecular weight is 399 g/mol. The number of fused-ring (bicyclic) bond motifs is 1. The predicted molar refractivity (Wildman–Crippen MR) is 107 cm³/mol. The van der Waals surface area contributed by atoms with Crippen molar-refractivity contribution in [3.8, 4) is 11.1 Å². The SMILES string of the molecule is COCCn1cnc2c(-c3cnn(CCN4CCOCC4)c3)cc(C(=O)O)cc21. The van der Waals surface area contributed by atoms with Crippen LogP contribution >= 0.6 is 0 Å². The topological polar surface area (TPSA) is 94.6 Å². The number of carbonyl (C=O) groups is 1. The summed E-state index contributed by atoms with van der Waals surface area (Å²) in [7, 11) is 1.64. The maximum atomic E-state index is 11.7. The minimum Gasteiger partial charge on any atom is -0.478 e. The zero-order valence-electron chi connectivity index (χ0n) is 16.5. The molecule has 1 aromatic carbocycles. The summed E-state index contributed by atoms with van der Waals surface area (Å²) in [4.78, 5) is 18.6. The lowest BCUT2D eigenvalue weighted by atomic mass is 10.0. The lowest BCUT2D eigenvalue weighted by molar-refractivity contribution is 0.0360. The highest BCUT2D eigenvalue weighted by atomic mass is 16.5. The standard InChI is InChI=1S/C20H25N5O4/c1-28-7-6-24-14-21-19-17(10-15(20(26)27)11-18(19)24)16-12-22-25(13-16)3-2-23-4-8-29-9-5-23/h10-14H,2-9H2,1H3,(H,26,27). The number of rotatable bonds is 8. The van der Waals surface area contributed by atoms with Crippen molar-refractivity contribution in [3.63, 3.8) is 0 Å². The molecule has 3 aromatic rings. The first-order chi connectivity index (χ1) is 14.2. The van der Waals surface area contributed by atoms with Crippen LogP contribution in [0.3, 0.4) is 0 Å². The van der Waals surface area contributed by atoms with Crippen LogP contribution in [-0.4, -0.2) is 81.9 Å². The molecule has 0 bridgehead atoms. The molecule has 0 radical (unpaired) electrons. The smallest absolute Gasteiger partial charge is 0.335 e. The Kier molecular flexibility index (Phi) is 5.89. The molecular weight excluding hydrogens is 374 g/mol. The summed E-state index contributed by atoms with van der Waals surface area (Å²) >= 11 is 0. The number of imidazole rings is 1. The van der Waals surface area contributed by atoms with Crippen LogP contribution in [0.2, 0.25) is 0 Å². The van der Waals surface area contributed by atoms with Gasteiger partial charge in [-0.2, -0.15) is 5.10 Å². The van der Waals surface area contributed by atoms with Gasteiger partial charge in [-0.25, -0.2) is 9.78 Å². The van der Waals surface area contributed by atoms with Gasteiger partial charge in [0.15, 0.2) is 0 Å². The Labute approximate surface area is 168 Å². The molecule has 1 N–H and O–H groups in total. The summed E-state index contributed by atoms with van der Waals surface area (Å²) in [5, 5.41) is 14.0. The molecule has 0 unspecified atom stereocenters. The van der Waals surface area contributed by atoms with Crippen molar-refractivity contribution < 1.29 is 19.4 Å². The molecule has 3 heterocycles. The summed E-state index contributed by atoms with van der Waals surface area (Å²) in [6.45, 7) is 6.23. The molecule has 154 valence electrons. The summed E-state index contributed by atoms with van der Waals surface area (Å²) in [6.07, 6.45) is 5.45. The van der Waals surface area contributed by atoms with E-state index in [1.165, 1.54) is 0 Å². The van der Waals surface area contributed by atoms with Gasteiger partial charge < -0.3 is 19.1 Å². The molecular formula is C20H25N5O4. The van der Waals surface area contributed by atoms with Crippen molar-refractivity contribution in [2.45, 2.75) is 13.1 Å². The Morgan fingerprint density at radius 3 is 2.83 bits per heavy atom. The second kappa shape index (κ2) is 8.73. The Hall–Kier alpha value is -2.75. The number of benzene rings is 1. The van der Waals surface area contributed by atoms with Crippen LogP contribution in [0.5, 0.6) is 0 Å². The van der Waals surface area contributed by atoms with Crippen molar-refractivity contribution in [2.24, 2.45) is 0 Å². The number of carboxylic acid groups (broad SMARTS) is 1. The quantitative estimate of drug-likeness (QED) is 0.614. The van der Waals surface area contributed by atoms with E-state index in [-0.39, 0.29) is 5.56 Å². The number of aromatic nitrogens is 4. The maximum absolute atomic E-state index is 11.7. The van der Waals surface area contributed by atoms with Gasteiger partial charge in [-0.05, 0) is 12.1 Å². The molecule has 2 aromatic heterocycles. The monoisotopic (exact) mass is 399 g/mol. The number of nitrogens with zero attached hydrogens (tertiary/aromatic N) is 5. The van der Waals surface area contributed by atoms with Gasteiger partial charge in [0.05, 0.1) is 55.5 Å². The molecule has 1 saturated heterocycles. The van der Waals surface area contributed by atoms with E-state index < -0.39 is 5.97 Å². The van der Waals surface area contributed by atoms with E-state index in [9.17, 15) is 9.90 Å². The molecule has 1 aliphatic rings. The van der Waals surface area contributed by atoms with Gasteiger partial charge in [-0.15, -0.1) is 0 Å². The van der Waals surface area contributed by atoms with E-state index in [4.69, 9.17) is 9.47 Å². The van der Waals surface area contributed by atoms with Crippen LogP contribution in [-0.2, 0) is 22.6 Å². The summed E-state index contributed by atoms with van der Waals surface area (Å²) in [5.41, 5.74) is 3.40. The Bertz CT molecular complexity index is 990. The third-order valence-electron chi connectivity index (χ3n) is 5.20. The summed E-state index contributed by atoms with van der Waals surface area (Å²) in [6, 6.07) is 3.33. The van der Waals surface area contributed by atoms with Crippen LogP contribution in [0, 0.1) is 0 Å². The number of hydrogen-bond donors (Lipinski definition) is 1. The van der Waals surface area contributed by atoms with E-state index in [1.54, 1.807) is 31.8 Å². The average Bonchev–Trinajstić information content (AvgIpc) is 3.38. The van der Waals surface area contributed by atoms with Crippen LogP contribution < -0.4 is 0 Å². The van der Waals surface area contributed by atoms with Gasteiger partial charge in [-0.1, -0.05) is 0 Å². The second-order valence-corrected chi connectivity index (χ2v) is 7.07. The van der Waals surface area contributed by atoms with Crippen molar-refractivity contribution in [1.29, 1.82) is 0 Å². The second-order valence-electron chi connectivity index (χ2n) is 7.07. The number of aromatic carboxylic acids is 1. The number of methoxy groups -OCH3 is 1. The van der Waals surface area contributed by atoms with Gasteiger partial charge in [0.1, 0.15) is 0 Å². The molecule has 0 saturated carbocycles. The largest absolute Gasteiger partial charge is 0.478 e. The van der Waals surface area contributed by atoms with Crippen LogP contribution in [0.25, 0.3) is 22.2 Å². The fourth-order valence-corrected chi connectivity index (χ4v) is 3.57. The van der Waals surface area contributed by atoms with Crippen molar-refractivity contribution >= 4 is 17.0 Å². The maximum Gasteiger partial charge on any atom is 0.335 e. The lowest BCUT2D eigenvalue weighted by Gasteiger charge is -2.26. The minimum absolute atomic E-state index is 0.229. The minimum atomic E-state index is -0.965. The van der Waals surface area contributed by atoms with Crippen molar-refractivity contribution in [1.82, 2.24) is 24.2 Å². The molecule has 4 rings (SSSR count). The summed E-state index contributed by atoms with van der Waals surface area (Å²) < 4.78 is 14.3. The number of carboxylic acids is 1. The zero-order chi connectivity index (χ0) is 20.2. The van der Waals surface area contributed by atoms with Crippen LogP contribution in [0.4, 0.5) is 0 Å². The predicted octanol–water partition coefficient (Wildman–Crippen LogP) is 1.58. The first-order valence-corrected chi connectivity index (χ1v) is 9.70. The van der Waals surface area contributed by atoms with Gasteiger partial charge in [0.25, 0.3) is 0 Å². The van der Waals surface area contributed by atoms with Gasteiger partial charge in [-0.3, -0.25) is 9.58 Å². The lowest BCUT2D eigenvalue weighted by Crippen LogP contribution is -2.38. The van der Waals surface area contributed by atoms with E-state index in [0.29, 0.717) is 13.2 Å². The molecule has 0 aliphatic carbocycles. The molecule has 0 amide bonds. The van der Waals surface area contributed by atoms with E-state index in [2.05, 4.69) is 15.0 Å². The van der Waals surface area contributed by atoms with Gasteiger partial charge in [0, 0.05) is 50.6 Å². The Balaban J connectivity index is 1.61. The first-order valence-electron chi connectivity index (χ1n) is 9.70. The Morgan fingerprint density at radius 1 is 1.24 bits per heavy atom. The van der Waals surface area contributed by atoms with Gasteiger partial charge in [0.2, 0.25) is 0 Å². The summed E-state index contributed by atoms with van der Waals surface area (Å²) in [5.74, 6) is -0.965. The molecule has 0 atom stereocenters. The molecule has 0 spiro atoms. The molecule has 1 aliphatic heterocycles. The fraction of sp³-hybridized carbons (Fsp3) is 0.450. The van der Waals surface area contributed by atoms with Gasteiger partial charge >= 0.3 is 5.97 Å². The number of hydrogen-bond acceptors (Lipinski definition) is 6. The van der Waals surface area contributed by atoms with E-state index in [0.717, 1.165) is 61.6 Å². The van der Waals surface area contributed by atoms with Crippen molar-refractivity contribution in [3.05, 3.63) is 36.4 Å². The Morgan fingerprint density at radius 2 is 2.07 bits per heavy atom. The van der Waals surface area contributed by atoms with E-state index in [1.807, 2.05) is 15.4 Å². The third kappa shape index (κ3) is 4.31. The molecule has 29 heavy (non-hydrogen) atoms. The third-order valence-corrected chi connectivity index (χ3v) is 5.20. The fourth-order valence-electron chi connectivity index (χ4n) is 3.57. The number of morpholine rings is 1. The van der Waals surface area contributed by atoms with Crippen LogP contribution in [0.1, 0.15) is 10.4 Å². The molecule has 9 nitrogen and oxygen atoms in total. The number of ether oxygens (including phenoxy) is 2. The highest BCUT2D eigenvalue weighted by Gasteiger charge is 2.16. The zero-order valence-corrected chi connectivity index (χ0v) is 16.5. The van der Waals surface area contributed by atoms with Crippen molar-refractivity contribution in [2.75, 3.05) is 46.6 Å². The van der Waals surface area contributed by atoms with Crippen LogP contribution in [0.15, 0.2) is 30.9 Å². The first kappa shape index (κ1) is 19.6. The normalized spacial score (nSPS) is 15.2. The van der Waals surface area contributed by atoms with E-state index >= 15 is 0 Å².